The van der Waals surface area contributed by atoms with Gasteiger partial charge in [0.1, 0.15) is 0 Å². The largest absolute Gasteiger partial charge is 0.307 e. The minimum absolute atomic E-state index is 0.198. The van der Waals surface area contributed by atoms with E-state index in [1.165, 1.54) is 19.3 Å². The Morgan fingerprint density at radius 3 is 2.48 bits per heavy atom. The van der Waals surface area contributed by atoms with Gasteiger partial charge < -0.3 is 4.57 Å². The van der Waals surface area contributed by atoms with Gasteiger partial charge in [0.15, 0.2) is 0 Å². The molecule has 1 unspecified atom stereocenters. The van der Waals surface area contributed by atoms with Crippen LogP contribution in [0.1, 0.15) is 48.5 Å². The Morgan fingerprint density at radius 1 is 1.07 bits per heavy atom. The first-order valence-electron chi connectivity index (χ1n) is 9.35. The minimum atomic E-state index is -1.05. The Hall–Kier alpha value is -2.47. The topological polar surface area (TPSA) is 64.0 Å². The van der Waals surface area contributed by atoms with Crippen molar-refractivity contribution in [2.24, 2.45) is 0 Å². The van der Waals surface area contributed by atoms with Gasteiger partial charge in [0.25, 0.3) is 5.91 Å². The number of nitrogens with one attached hydrogen (secondary N) is 1. The fraction of sp³-hybridized carbons (Fsp3) is 0.333. The van der Waals surface area contributed by atoms with Crippen molar-refractivity contribution in [1.82, 2.24) is 9.55 Å². The van der Waals surface area contributed by atoms with Crippen LogP contribution in [0.3, 0.4) is 0 Å². The summed E-state index contributed by atoms with van der Waals surface area (Å²) in [7, 11) is -1.05. The van der Waals surface area contributed by atoms with Gasteiger partial charge >= 0.3 is 0 Å². The third-order valence-corrected chi connectivity index (χ3v) is 6.15. The van der Waals surface area contributed by atoms with E-state index in [9.17, 15) is 9.00 Å². The zero-order chi connectivity index (χ0) is 18.8. The van der Waals surface area contributed by atoms with Crippen molar-refractivity contribution in [3.8, 4) is 0 Å². The predicted octanol–water partition coefficient (Wildman–Crippen LogP) is 4.53. The third-order valence-electron chi connectivity index (χ3n) is 5.21. The standard InChI is InChI=1S/C21H23N3O2S/c1-27(26)17-13-11-15(12-14-17)20(25)23-21-22-18-9-5-6-10-19(18)24(21)16-7-3-2-4-8-16/h5-6,9-14,16H,2-4,7-8H2,1H3,(H,22,23,25). The zero-order valence-corrected chi connectivity index (χ0v) is 16.2. The Bertz CT molecular complexity index is 988. The van der Waals surface area contributed by atoms with Crippen molar-refractivity contribution in [3.63, 3.8) is 0 Å². The molecule has 6 heteroatoms. The molecule has 0 aliphatic heterocycles. The lowest BCUT2D eigenvalue weighted by Crippen LogP contribution is -2.20. The average molecular weight is 382 g/mol. The Balaban J connectivity index is 1.66. The second kappa shape index (κ2) is 7.64. The molecule has 1 saturated carbocycles. The van der Waals surface area contributed by atoms with Crippen LogP contribution < -0.4 is 5.32 Å². The van der Waals surface area contributed by atoms with Crippen molar-refractivity contribution >= 4 is 33.7 Å². The first-order chi connectivity index (χ1) is 13.1. The number of fused-ring (bicyclic) bond motifs is 1. The van der Waals surface area contributed by atoms with Crippen LogP contribution in [-0.2, 0) is 10.8 Å². The van der Waals surface area contributed by atoms with Crippen molar-refractivity contribution in [2.75, 3.05) is 11.6 Å². The number of carbonyl (C=O) groups excluding carboxylic acids is 1. The maximum Gasteiger partial charge on any atom is 0.257 e. The summed E-state index contributed by atoms with van der Waals surface area (Å²) >= 11 is 0. The lowest BCUT2D eigenvalue weighted by molar-refractivity contribution is 0.102. The van der Waals surface area contributed by atoms with Gasteiger partial charge in [0, 0.05) is 33.6 Å². The highest BCUT2D eigenvalue weighted by Gasteiger charge is 2.22. The second-order valence-electron chi connectivity index (χ2n) is 7.02. The number of para-hydroxylation sites is 2. The molecule has 3 aromatic rings. The van der Waals surface area contributed by atoms with E-state index >= 15 is 0 Å². The molecule has 1 aromatic heterocycles. The normalized spacial score (nSPS) is 16.3. The number of aromatic nitrogens is 2. The number of benzene rings is 2. The van der Waals surface area contributed by atoms with Crippen LogP contribution in [0.5, 0.6) is 0 Å². The molecule has 5 nitrogen and oxygen atoms in total. The van der Waals surface area contributed by atoms with Crippen LogP contribution in [0.15, 0.2) is 53.4 Å². The maximum absolute atomic E-state index is 12.8. The number of anilines is 1. The molecule has 0 saturated heterocycles. The SMILES string of the molecule is CS(=O)c1ccc(C(=O)Nc2nc3ccccc3n2C2CCCCC2)cc1. The molecular formula is C21H23N3O2S. The van der Waals surface area contributed by atoms with E-state index in [1.807, 2.05) is 18.2 Å². The lowest BCUT2D eigenvalue weighted by atomic mass is 9.95. The van der Waals surface area contributed by atoms with E-state index < -0.39 is 10.8 Å². The van der Waals surface area contributed by atoms with Gasteiger partial charge in [-0.2, -0.15) is 0 Å². The molecule has 0 radical (unpaired) electrons. The number of hydrogen-bond donors (Lipinski definition) is 1. The van der Waals surface area contributed by atoms with E-state index in [0.29, 0.717) is 22.4 Å². The Morgan fingerprint density at radius 2 is 1.78 bits per heavy atom. The molecule has 1 aliphatic rings. The number of nitrogens with zero attached hydrogens (tertiary/aromatic N) is 2. The van der Waals surface area contributed by atoms with Gasteiger partial charge in [-0.15, -0.1) is 0 Å². The quantitative estimate of drug-likeness (QED) is 0.722. The number of hydrogen-bond acceptors (Lipinski definition) is 3. The summed E-state index contributed by atoms with van der Waals surface area (Å²) in [4.78, 5) is 18.2. The molecule has 1 atom stereocenters. The molecule has 27 heavy (non-hydrogen) atoms. The zero-order valence-electron chi connectivity index (χ0n) is 15.4. The average Bonchev–Trinajstić information content (AvgIpc) is 3.06. The van der Waals surface area contributed by atoms with Gasteiger partial charge in [0.2, 0.25) is 5.95 Å². The monoisotopic (exact) mass is 381 g/mol. The number of imidazole rings is 1. The highest BCUT2D eigenvalue weighted by molar-refractivity contribution is 7.84. The summed E-state index contributed by atoms with van der Waals surface area (Å²) in [5.41, 5.74) is 2.50. The second-order valence-corrected chi connectivity index (χ2v) is 8.40. The van der Waals surface area contributed by atoms with Crippen molar-refractivity contribution in [3.05, 3.63) is 54.1 Å². The summed E-state index contributed by atoms with van der Waals surface area (Å²) in [6, 6.07) is 15.3. The van der Waals surface area contributed by atoms with Crippen LogP contribution >= 0.6 is 0 Å². The molecule has 140 valence electrons. The van der Waals surface area contributed by atoms with E-state index in [0.717, 1.165) is 23.9 Å². The van der Waals surface area contributed by atoms with E-state index in [4.69, 9.17) is 0 Å². The molecule has 1 fully saturated rings. The van der Waals surface area contributed by atoms with Gasteiger partial charge in [0.05, 0.1) is 11.0 Å². The van der Waals surface area contributed by atoms with Crippen LogP contribution in [-0.4, -0.2) is 25.9 Å². The molecule has 0 spiro atoms. The molecular weight excluding hydrogens is 358 g/mol. The van der Waals surface area contributed by atoms with Crippen LogP contribution in [0.25, 0.3) is 11.0 Å². The molecule has 4 rings (SSSR count). The molecule has 2 aromatic carbocycles. The fourth-order valence-electron chi connectivity index (χ4n) is 3.81. The van der Waals surface area contributed by atoms with Crippen LogP contribution in [0.2, 0.25) is 0 Å². The first kappa shape index (κ1) is 17.9. The van der Waals surface area contributed by atoms with Crippen molar-refractivity contribution < 1.29 is 9.00 Å². The summed E-state index contributed by atoms with van der Waals surface area (Å²) in [5.74, 6) is 0.409. The maximum atomic E-state index is 12.8. The summed E-state index contributed by atoms with van der Waals surface area (Å²) < 4.78 is 13.7. The molecule has 1 amide bonds. The highest BCUT2D eigenvalue weighted by Crippen LogP contribution is 2.34. The number of carbonyl (C=O) groups is 1. The molecule has 1 aliphatic carbocycles. The van der Waals surface area contributed by atoms with Crippen molar-refractivity contribution in [2.45, 2.75) is 43.0 Å². The van der Waals surface area contributed by atoms with Crippen LogP contribution in [0.4, 0.5) is 5.95 Å². The minimum Gasteiger partial charge on any atom is -0.307 e. The first-order valence-corrected chi connectivity index (χ1v) is 10.9. The van der Waals surface area contributed by atoms with E-state index in [1.54, 1.807) is 30.5 Å². The van der Waals surface area contributed by atoms with Gasteiger partial charge in [-0.1, -0.05) is 31.4 Å². The summed E-state index contributed by atoms with van der Waals surface area (Å²) in [6.45, 7) is 0. The smallest absolute Gasteiger partial charge is 0.257 e. The Kier molecular flexibility index (Phi) is 5.07. The van der Waals surface area contributed by atoms with E-state index in [2.05, 4.69) is 20.9 Å². The molecule has 0 bridgehead atoms. The molecule has 1 heterocycles. The fourth-order valence-corrected chi connectivity index (χ4v) is 4.33. The predicted molar refractivity (Wildman–Crippen MR) is 109 cm³/mol. The van der Waals surface area contributed by atoms with Gasteiger partial charge in [-0.3, -0.25) is 14.3 Å². The lowest BCUT2D eigenvalue weighted by Gasteiger charge is -2.25. The summed E-state index contributed by atoms with van der Waals surface area (Å²) in [5, 5.41) is 3.00. The van der Waals surface area contributed by atoms with Gasteiger partial charge in [-0.05, 0) is 49.2 Å². The highest BCUT2D eigenvalue weighted by atomic mass is 32.2. The molecule has 1 N–H and O–H groups in total. The Labute approximate surface area is 161 Å². The number of rotatable bonds is 4. The third kappa shape index (κ3) is 3.67. The van der Waals surface area contributed by atoms with E-state index in [-0.39, 0.29) is 5.91 Å². The van der Waals surface area contributed by atoms with Crippen LogP contribution in [0, 0.1) is 0 Å². The summed E-state index contributed by atoms with van der Waals surface area (Å²) in [6.07, 6.45) is 7.54. The van der Waals surface area contributed by atoms with Gasteiger partial charge in [-0.25, -0.2) is 4.98 Å². The number of amides is 1. The van der Waals surface area contributed by atoms with Crippen molar-refractivity contribution in [1.29, 1.82) is 0 Å².